The Bertz CT molecular complexity index is 1040. The van der Waals surface area contributed by atoms with E-state index in [0.29, 0.717) is 30.5 Å². The number of halogens is 1. The van der Waals surface area contributed by atoms with Crippen LogP contribution in [0.4, 0.5) is 5.13 Å². The van der Waals surface area contributed by atoms with E-state index in [-0.39, 0.29) is 11.3 Å². The summed E-state index contributed by atoms with van der Waals surface area (Å²) < 4.78 is 7.87. The van der Waals surface area contributed by atoms with Crippen molar-refractivity contribution < 1.29 is 9.53 Å². The van der Waals surface area contributed by atoms with Gasteiger partial charge in [0, 0.05) is 6.42 Å². The summed E-state index contributed by atoms with van der Waals surface area (Å²) in [7, 11) is 0. The van der Waals surface area contributed by atoms with Gasteiger partial charge in [-0.15, -0.1) is 0 Å². The molecule has 0 saturated heterocycles. The molecule has 0 aliphatic heterocycles. The third kappa shape index (κ3) is 5.82. The SMILES string of the molecule is CC(C)c1ccc(OCCCC(=O)Nc2nc3ccc(C(C)(C)C)cc3s2)c(Br)c1. The van der Waals surface area contributed by atoms with Crippen LogP contribution in [0.3, 0.4) is 0 Å². The van der Waals surface area contributed by atoms with Gasteiger partial charge in [-0.2, -0.15) is 0 Å². The molecule has 0 atom stereocenters. The van der Waals surface area contributed by atoms with Crippen LogP contribution in [0.5, 0.6) is 5.75 Å². The Morgan fingerprint density at radius 2 is 1.97 bits per heavy atom. The molecule has 3 rings (SSSR count). The highest BCUT2D eigenvalue weighted by atomic mass is 79.9. The molecule has 1 aromatic heterocycles. The number of amides is 1. The zero-order valence-electron chi connectivity index (χ0n) is 18.2. The monoisotopic (exact) mass is 488 g/mol. The Labute approximate surface area is 191 Å². The van der Waals surface area contributed by atoms with Crippen molar-refractivity contribution in [3.8, 4) is 5.75 Å². The minimum absolute atomic E-state index is 0.0390. The molecule has 0 spiro atoms. The fourth-order valence-electron chi connectivity index (χ4n) is 3.03. The second-order valence-electron chi connectivity index (χ2n) is 8.80. The van der Waals surface area contributed by atoms with Crippen molar-refractivity contribution in [1.29, 1.82) is 0 Å². The molecular weight excluding hydrogens is 460 g/mol. The maximum Gasteiger partial charge on any atom is 0.226 e. The predicted octanol–water partition coefficient (Wildman–Crippen LogP) is 7.28. The number of aromatic nitrogens is 1. The van der Waals surface area contributed by atoms with Gasteiger partial charge in [-0.25, -0.2) is 4.98 Å². The quantitative estimate of drug-likeness (QED) is 0.355. The maximum atomic E-state index is 12.3. The first-order chi connectivity index (χ1) is 14.1. The molecule has 6 heteroatoms. The van der Waals surface area contributed by atoms with Gasteiger partial charge in [0.05, 0.1) is 21.3 Å². The smallest absolute Gasteiger partial charge is 0.226 e. The lowest BCUT2D eigenvalue weighted by Crippen LogP contribution is -2.12. The van der Waals surface area contributed by atoms with Crippen molar-refractivity contribution in [1.82, 2.24) is 4.98 Å². The number of fused-ring (bicyclic) bond motifs is 1. The summed E-state index contributed by atoms with van der Waals surface area (Å²) >= 11 is 5.08. The third-order valence-corrected chi connectivity index (χ3v) is 6.48. The van der Waals surface area contributed by atoms with Gasteiger partial charge in [-0.3, -0.25) is 4.79 Å². The highest BCUT2D eigenvalue weighted by Crippen LogP contribution is 2.31. The molecule has 0 aliphatic carbocycles. The predicted molar refractivity (Wildman–Crippen MR) is 130 cm³/mol. The molecule has 4 nitrogen and oxygen atoms in total. The summed E-state index contributed by atoms with van der Waals surface area (Å²) in [6, 6.07) is 12.4. The van der Waals surface area contributed by atoms with Crippen LogP contribution in [-0.2, 0) is 10.2 Å². The number of nitrogens with one attached hydrogen (secondary N) is 1. The topological polar surface area (TPSA) is 51.2 Å². The molecule has 160 valence electrons. The van der Waals surface area contributed by atoms with E-state index in [0.717, 1.165) is 20.4 Å². The summed E-state index contributed by atoms with van der Waals surface area (Å²) in [6.07, 6.45) is 1.04. The largest absolute Gasteiger partial charge is 0.492 e. The number of hydrogen-bond donors (Lipinski definition) is 1. The van der Waals surface area contributed by atoms with Crippen LogP contribution in [0.2, 0.25) is 0 Å². The molecule has 0 unspecified atom stereocenters. The van der Waals surface area contributed by atoms with E-state index in [4.69, 9.17) is 4.74 Å². The van der Waals surface area contributed by atoms with Crippen LogP contribution >= 0.6 is 27.3 Å². The van der Waals surface area contributed by atoms with Crippen LogP contribution in [-0.4, -0.2) is 17.5 Å². The minimum atomic E-state index is -0.0390. The summed E-state index contributed by atoms with van der Waals surface area (Å²) in [6.45, 7) is 11.4. The number of rotatable bonds is 7. The molecule has 2 aromatic carbocycles. The van der Waals surface area contributed by atoms with E-state index in [1.165, 1.54) is 22.5 Å². The number of carbonyl (C=O) groups excluding carboxylic acids is 1. The second kappa shape index (κ2) is 9.48. The van der Waals surface area contributed by atoms with Crippen LogP contribution < -0.4 is 10.1 Å². The van der Waals surface area contributed by atoms with E-state index in [9.17, 15) is 4.79 Å². The van der Waals surface area contributed by atoms with Crippen molar-refractivity contribution in [3.05, 3.63) is 52.0 Å². The number of hydrogen-bond acceptors (Lipinski definition) is 4. The zero-order valence-corrected chi connectivity index (χ0v) is 20.6. The van der Waals surface area contributed by atoms with E-state index in [2.05, 4.69) is 85.1 Å². The molecule has 1 N–H and O–H groups in total. The Balaban J connectivity index is 1.50. The van der Waals surface area contributed by atoms with E-state index in [1.54, 1.807) is 0 Å². The van der Waals surface area contributed by atoms with Crippen LogP contribution in [0.1, 0.15) is 64.5 Å². The molecule has 3 aromatic rings. The lowest BCUT2D eigenvalue weighted by molar-refractivity contribution is -0.116. The fraction of sp³-hybridized carbons (Fsp3) is 0.417. The molecule has 0 aliphatic rings. The molecule has 0 saturated carbocycles. The van der Waals surface area contributed by atoms with Crippen LogP contribution in [0.15, 0.2) is 40.9 Å². The molecule has 30 heavy (non-hydrogen) atoms. The van der Waals surface area contributed by atoms with Gasteiger partial charge >= 0.3 is 0 Å². The number of ether oxygens (including phenoxy) is 1. The Kier molecular flexibility index (Phi) is 7.19. The van der Waals surface area contributed by atoms with Crippen molar-refractivity contribution in [3.63, 3.8) is 0 Å². The van der Waals surface area contributed by atoms with Crippen molar-refractivity contribution in [2.24, 2.45) is 0 Å². The third-order valence-electron chi connectivity index (χ3n) is 4.93. The molecular formula is C24H29BrN2O2S. The lowest BCUT2D eigenvalue weighted by Gasteiger charge is -2.18. The molecule has 0 bridgehead atoms. The number of carbonyl (C=O) groups is 1. The summed E-state index contributed by atoms with van der Waals surface area (Å²) in [5.74, 6) is 1.24. The highest BCUT2D eigenvalue weighted by Gasteiger charge is 2.15. The molecule has 0 fully saturated rings. The van der Waals surface area contributed by atoms with Crippen molar-refractivity contribution in [2.75, 3.05) is 11.9 Å². The highest BCUT2D eigenvalue weighted by molar-refractivity contribution is 9.10. The average Bonchev–Trinajstić information content (AvgIpc) is 3.06. The zero-order chi connectivity index (χ0) is 21.9. The molecule has 1 amide bonds. The standard InChI is InChI=1S/C24H29BrN2O2S/c1-15(2)16-8-11-20(18(25)13-16)29-12-6-7-22(28)27-23-26-19-10-9-17(24(3,4)5)14-21(19)30-23/h8-11,13-15H,6-7,12H2,1-5H3,(H,26,27,28). The summed E-state index contributed by atoms with van der Waals surface area (Å²) in [5, 5.41) is 3.57. The van der Waals surface area contributed by atoms with Crippen LogP contribution in [0, 0.1) is 0 Å². The Hall–Kier alpha value is -1.92. The van der Waals surface area contributed by atoms with Crippen molar-refractivity contribution in [2.45, 2.75) is 58.8 Å². The van der Waals surface area contributed by atoms with Gasteiger partial charge < -0.3 is 10.1 Å². The minimum Gasteiger partial charge on any atom is -0.492 e. The maximum absolute atomic E-state index is 12.3. The van der Waals surface area contributed by atoms with E-state index < -0.39 is 0 Å². The first kappa shape index (κ1) is 22.8. The van der Waals surface area contributed by atoms with Gasteiger partial charge in [0.1, 0.15) is 5.75 Å². The number of benzene rings is 2. The normalized spacial score (nSPS) is 11.8. The second-order valence-corrected chi connectivity index (χ2v) is 10.7. The summed E-state index contributed by atoms with van der Waals surface area (Å²) in [4.78, 5) is 16.8. The van der Waals surface area contributed by atoms with Gasteiger partial charge in [0.25, 0.3) is 0 Å². The van der Waals surface area contributed by atoms with Gasteiger partial charge in [0.2, 0.25) is 5.91 Å². The van der Waals surface area contributed by atoms with Gasteiger partial charge in [0.15, 0.2) is 5.13 Å². The number of thiazole rings is 1. The van der Waals surface area contributed by atoms with Gasteiger partial charge in [-0.1, -0.05) is 58.1 Å². The Morgan fingerprint density at radius 3 is 2.63 bits per heavy atom. The average molecular weight is 489 g/mol. The first-order valence-corrected chi connectivity index (χ1v) is 11.9. The van der Waals surface area contributed by atoms with Crippen LogP contribution in [0.25, 0.3) is 10.2 Å². The number of nitrogens with zero attached hydrogens (tertiary/aromatic N) is 1. The lowest BCUT2D eigenvalue weighted by atomic mass is 9.87. The molecule has 1 heterocycles. The molecule has 0 radical (unpaired) electrons. The first-order valence-electron chi connectivity index (χ1n) is 10.3. The van der Waals surface area contributed by atoms with E-state index in [1.807, 2.05) is 12.1 Å². The van der Waals surface area contributed by atoms with E-state index >= 15 is 0 Å². The Morgan fingerprint density at radius 1 is 1.20 bits per heavy atom. The summed E-state index contributed by atoms with van der Waals surface area (Å²) in [5.41, 5.74) is 3.53. The van der Waals surface area contributed by atoms with Crippen molar-refractivity contribution >= 4 is 48.5 Å². The number of anilines is 1. The fourth-order valence-corrected chi connectivity index (χ4v) is 4.47. The van der Waals surface area contributed by atoms with Gasteiger partial charge in [-0.05, 0) is 69.1 Å².